The van der Waals surface area contributed by atoms with E-state index in [1.807, 2.05) is 30.5 Å². The van der Waals surface area contributed by atoms with Gasteiger partial charge in [-0.3, -0.25) is 4.79 Å². The molecule has 0 radical (unpaired) electrons. The van der Waals surface area contributed by atoms with Gasteiger partial charge in [0, 0.05) is 4.47 Å². The first kappa shape index (κ1) is 13.1. The Morgan fingerprint density at radius 2 is 2.17 bits per heavy atom. The number of rotatable bonds is 3. The van der Waals surface area contributed by atoms with Gasteiger partial charge >= 0.3 is 0 Å². The summed E-state index contributed by atoms with van der Waals surface area (Å²) in [6, 6.07) is 7.59. The highest BCUT2D eigenvalue weighted by molar-refractivity contribution is 9.10. The molecular formula is C13H12BrNO2S. The maximum absolute atomic E-state index is 12.1. The Balaban J connectivity index is 2.24. The molecule has 0 fully saturated rings. The number of thiophene rings is 1. The minimum Gasteiger partial charge on any atom is -0.495 e. The van der Waals surface area contributed by atoms with Crippen molar-refractivity contribution in [3.8, 4) is 5.75 Å². The molecule has 1 aromatic heterocycles. The Morgan fingerprint density at radius 1 is 1.39 bits per heavy atom. The molecule has 1 aromatic carbocycles. The van der Waals surface area contributed by atoms with Crippen molar-refractivity contribution in [3.05, 3.63) is 44.6 Å². The second kappa shape index (κ2) is 5.54. The van der Waals surface area contributed by atoms with Gasteiger partial charge in [-0.1, -0.05) is 6.07 Å². The number of halogens is 1. The van der Waals surface area contributed by atoms with Gasteiger partial charge in [-0.05, 0) is 52.0 Å². The quantitative estimate of drug-likeness (QED) is 0.923. The molecule has 0 aliphatic carbocycles. The Labute approximate surface area is 118 Å². The molecule has 94 valence electrons. The zero-order chi connectivity index (χ0) is 13.1. The Bertz CT molecular complexity index is 580. The Kier molecular flexibility index (Phi) is 4.04. The lowest BCUT2D eigenvalue weighted by Gasteiger charge is -2.08. The topological polar surface area (TPSA) is 38.3 Å². The number of hydrogen-bond donors (Lipinski definition) is 1. The van der Waals surface area contributed by atoms with E-state index in [9.17, 15) is 4.79 Å². The molecule has 0 aliphatic rings. The van der Waals surface area contributed by atoms with Crippen molar-refractivity contribution in [1.82, 2.24) is 0 Å². The highest BCUT2D eigenvalue weighted by Crippen LogP contribution is 2.28. The fourth-order valence-electron chi connectivity index (χ4n) is 1.54. The fourth-order valence-corrected chi connectivity index (χ4v) is 2.64. The molecule has 0 bridgehead atoms. The molecule has 18 heavy (non-hydrogen) atoms. The third-order valence-corrected chi connectivity index (χ3v) is 4.01. The number of nitrogens with one attached hydrogen (secondary N) is 1. The molecule has 1 N–H and O–H groups in total. The lowest BCUT2D eigenvalue weighted by atomic mass is 10.2. The summed E-state index contributed by atoms with van der Waals surface area (Å²) in [5.74, 6) is 0.439. The normalized spacial score (nSPS) is 10.2. The third kappa shape index (κ3) is 2.73. The van der Waals surface area contributed by atoms with Gasteiger partial charge in [0.2, 0.25) is 0 Å². The van der Waals surface area contributed by atoms with Crippen LogP contribution in [0.15, 0.2) is 34.1 Å². The summed E-state index contributed by atoms with van der Waals surface area (Å²) < 4.78 is 5.99. The molecule has 1 amide bonds. The Hall–Kier alpha value is -1.33. The summed E-state index contributed by atoms with van der Waals surface area (Å²) in [6.45, 7) is 1.98. The van der Waals surface area contributed by atoms with E-state index in [1.165, 1.54) is 11.3 Å². The van der Waals surface area contributed by atoms with E-state index in [0.29, 0.717) is 10.6 Å². The number of amides is 1. The van der Waals surface area contributed by atoms with Gasteiger partial charge in [-0.25, -0.2) is 0 Å². The average Bonchev–Trinajstić information content (AvgIpc) is 2.82. The molecule has 1 heterocycles. The molecule has 0 unspecified atom stereocenters. The monoisotopic (exact) mass is 325 g/mol. The number of hydrogen-bond acceptors (Lipinski definition) is 3. The van der Waals surface area contributed by atoms with Crippen LogP contribution in [-0.2, 0) is 0 Å². The van der Waals surface area contributed by atoms with Crippen LogP contribution < -0.4 is 10.1 Å². The van der Waals surface area contributed by atoms with Gasteiger partial charge in [0.1, 0.15) is 10.6 Å². The molecule has 5 heteroatoms. The largest absolute Gasteiger partial charge is 0.495 e. The lowest BCUT2D eigenvalue weighted by Crippen LogP contribution is -2.11. The van der Waals surface area contributed by atoms with Gasteiger partial charge in [-0.15, -0.1) is 11.3 Å². The van der Waals surface area contributed by atoms with Crippen molar-refractivity contribution < 1.29 is 9.53 Å². The maximum Gasteiger partial charge on any atom is 0.269 e. The van der Waals surface area contributed by atoms with Crippen LogP contribution in [0.4, 0.5) is 5.69 Å². The number of anilines is 1. The first-order valence-electron chi connectivity index (χ1n) is 5.31. The summed E-state index contributed by atoms with van der Waals surface area (Å²) in [4.78, 5) is 12.7. The van der Waals surface area contributed by atoms with Gasteiger partial charge < -0.3 is 10.1 Å². The summed E-state index contributed by atoms with van der Waals surface area (Å²) in [7, 11) is 1.56. The number of aryl methyl sites for hydroxylation is 1. The van der Waals surface area contributed by atoms with E-state index in [0.717, 1.165) is 15.7 Å². The maximum atomic E-state index is 12.1. The van der Waals surface area contributed by atoms with Crippen LogP contribution in [-0.4, -0.2) is 13.0 Å². The predicted octanol–water partition coefficient (Wildman–Crippen LogP) is 4.08. The summed E-state index contributed by atoms with van der Waals surface area (Å²) >= 11 is 4.77. The van der Waals surface area contributed by atoms with Crippen LogP contribution in [0.25, 0.3) is 0 Å². The van der Waals surface area contributed by atoms with Crippen molar-refractivity contribution in [1.29, 1.82) is 0 Å². The molecule has 0 spiro atoms. The molecule has 3 nitrogen and oxygen atoms in total. The van der Waals surface area contributed by atoms with Crippen LogP contribution in [0.2, 0.25) is 0 Å². The SMILES string of the molecule is COc1ccsc1C(=O)Nc1cc(C)ccc1Br. The fraction of sp³-hybridized carbons (Fsp3) is 0.154. The molecule has 0 saturated carbocycles. The van der Waals surface area contributed by atoms with Crippen molar-refractivity contribution in [3.63, 3.8) is 0 Å². The summed E-state index contributed by atoms with van der Waals surface area (Å²) in [5, 5.41) is 4.71. The van der Waals surface area contributed by atoms with E-state index in [2.05, 4.69) is 21.2 Å². The highest BCUT2D eigenvalue weighted by atomic mass is 79.9. The van der Waals surface area contributed by atoms with Crippen molar-refractivity contribution in [2.24, 2.45) is 0 Å². The van der Waals surface area contributed by atoms with E-state index < -0.39 is 0 Å². The lowest BCUT2D eigenvalue weighted by molar-refractivity contribution is 0.102. The van der Waals surface area contributed by atoms with Crippen LogP contribution in [0.1, 0.15) is 15.2 Å². The predicted molar refractivity (Wildman–Crippen MR) is 77.7 cm³/mol. The molecule has 2 rings (SSSR count). The first-order chi connectivity index (χ1) is 8.61. The van der Waals surface area contributed by atoms with Crippen LogP contribution in [0.5, 0.6) is 5.75 Å². The van der Waals surface area contributed by atoms with E-state index in [1.54, 1.807) is 13.2 Å². The molecule has 2 aromatic rings. The number of ether oxygens (including phenoxy) is 1. The minimum atomic E-state index is -0.159. The summed E-state index contributed by atoms with van der Waals surface area (Å²) in [6.07, 6.45) is 0. The van der Waals surface area contributed by atoms with Crippen LogP contribution in [0.3, 0.4) is 0 Å². The van der Waals surface area contributed by atoms with Gasteiger partial charge in [0.25, 0.3) is 5.91 Å². The third-order valence-electron chi connectivity index (χ3n) is 2.43. The first-order valence-corrected chi connectivity index (χ1v) is 6.98. The van der Waals surface area contributed by atoms with Gasteiger partial charge in [0.05, 0.1) is 12.8 Å². The van der Waals surface area contributed by atoms with Crippen molar-refractivity contribution in [2.45, 2.75) is 6.92 Å². The summed E-state index contributed by atoms with van der Waals surface area (Å²) in [5.41, 5.74) is 1.85. The molecule has 0 aliphatic heterocycles. The average molecular weight is 326 g/mol. The highest BCUT2D eigenvalue weighted by Gasteiger charge is 2.15. The van der Waals surface area contributed by atoms with Gasteiger partial charge in [0.15, 0.2) is 0 Å². The zero-order valence-corrected chi connectivity index (χ0v) is 12.4. The van der Waals surface area contributed by atoms with Crippen molar-refractivity contribution >= 4 is 38.9 Å². The smallest absolute Gasteiger partial charge is 0.269 e. The van der Waals surface area contributed by atoms with Crippen molar-refractivity contribution in [2.75, 3.05) is 12.4 Å². The number of carbonyl (C=O) groups is 1. The van der Waals surface area contributed by atoms with Crippen LogP contribution in [0, 0.1) is 6.92 Å². The van der Waals surface area contributed by atoms with E-state index >= 15 is 0 Å². The standard InChI is InChI=1S/C13H12BrNO2S/c1-8-3-4-9(14)10(7-8)15-13(16)12-11(17-2)5-6-18-12/h3-7H,1-2H3,(H,15,16). The van der Waals surface area contributed by atoms with E-state index in [4.69, 9.17) is 4.74 Å². The molecule has 0 atom stereocenters. The van der Waals surface area contributed by atoms with E-state index in [-0.39, 0.29) is 5.91 Å². The second-order valence-corrected chi connectivity index (χ2v) is 5.53. The molecule has 0 saturated heterocycles. The number of benzene rings is 1. The molecular weight excluding hydrogens is 314 g/mol. The second-order valence-electron chi connectivity index (χ2n) is 3.76. The number of methoxy groups -OCH3 is 1. The van der Waals surface area contributed by atoms with Crippen LogP contribution >= 0.6 is 27.3 Å². The zero-order valence-electron chi connectivity index (χ0n) is 9.99. The Morgan fingerprint density at radius 3 is 2.89 bits per heavy atom. The van der Waals surface area contributed by atoms with Gasteiger partial charge in [-0.2, -0.15) is 0 Å². The number of carbonyl (C=O) groups excluding carboxylic acids is 1. The minimum absolute atomic E-state index is 0.159.